The Morgan fingerprint density at radius 1 is 1.32 bits per heavy atom. The molecule has 4 N–H and O–H groups in total. The van der Waals surface area contributed by atoms with Crippen LogP contribution in [-0.4, -0.2) is 29.4 Å². The van der Waals surface area contributed by atoms with Gasteiger partial charge in [-0.25, -0.2) is 9.37 Å². The molecule has 2 atom stereocenters. The van der Waals surface area contributed by atoms with Crippen molar-refractivity contribution in [2.75, 3.05) is 11.9 Å². The van der Waals surface area contributed by atoms with E-state index >= 15 is 0 Å². The van der Waals surface area contributed by atoms with Crippen molar-refractivity contribution in [3.63, 3.8) is 0 Å². The topological polar surface area (TPSA) is 97.1 Å². The van der Waals surface area contributed by atoms with Crippen molar-refractivity contribution >= 4 is 41.2 Å². The number of amides is 2. The summed E-state index contributed by atoms with van der Waals surface area (Å²) in [6, 6.07) is 8.28. The number of carbonyl (C=O) groups is 2. The minimum Gasteiger partial charge on any atom is -0.372 e. The Balaban J connectivity index is 0.000000858. The summed E-state index contributed by atoms with van der Waals surface area (Å²) in [4.78, 5) is 25.9. The molecule has 2 aliphatic rings. The van der Waals surface area contributed by atoms with Crippen molar-refractivity contribution in [2.24, 2.45) is 17.1 Å². The Labute approximate surface area is 190 Å². The molecule has 1 saturated carbocycles. The molecule has 31 heavy (non-hydrogen) atoms. The molecular weight excluding hydrogens is 442 g/mol. The number of rotatable bonds is 3. The summed E-state index contributed by atoms with van der Waals surface area (Å²) in [5.74, 6) is -1.31. The zero-order chi connectivity index (χ0) is 22.8. The van der Waals surface area contributed by atoms with E-state index in [-0.39, 0.29) is 34.2 Å². The van der Waals surface area contributed by atoms with Crippen molar-refractivity contribution in [3.05, 3.63) is 58.1 Å². The third-order valence-corrected chi connectivity index (χ3v) is 6.42. The highest BCUT2D eigenvalue weighted by molar-refractivity contribution is 6.30. The molecule has 2 heterocycles. The lowest BCUT2D eigenvalue weighted by molar-refractivity contribution is -0.125. The average Bonchev–Trinajstić information content (AvgIpc) is 3.03. The molecule has 1 aliphatic carbocycles. The van der Waals surface area contributed by atoms with E-state index in [4.69, 9.17) is 28.0 Å². The molecular formula is C22H25Cl2FN4O2. The zero-order valence-corrected chi connectivity index (χ0v) is 18.8. The highest BCUT2D eigenvalue weighted by Crippen LogP contribution is 2.57. The van der Waals surface area contributed by atoms with E-state index in [1.807, 2.05) is 0 Å². The summed E-state index contributed by atoms with van der Waals surface area (Å²) in [5.41, 5.74) is 5.03. The average molecular weight is 467 g/mol. The molecule has 6 nitrogen and oxygen atoms in total. The largest absolute Gasteiger partial charge is 0.372 e. The molecule has 2 fully saturated rings. The summed E-state index contributed by atoms with van der Waals surface area (Å²) in [6.45, 7) is 4.90. The van der Waals surface area contributed by atoms with Gasteiger partial charge in [0.2, 0.25) is 12.3 Å². The van der Waals surface area contributed by atoms with Crippen molar-refractivity contribution in [1.29, 1.82) is 0 Å². The van der Waals surface area contributed by atoms with Gasteiger partial charge in [-0.2, -0.15) is 0 Å². The standard InChI is InChI=1S/C21H22Cl2FN3O.CH3NO/c1-20(2)10-21(11-20)17(19(28)27-12-6-7-25-16(23)8-12)14(9-26-21)13-4-3-5-15(22)18(13)24;2-1-3/h3-8,14,17,26H,9-11H2,1-2H3,(H,25,27,28);1H,(H2,2,3). The van der Waals surface area contributed by atoms with Crippen LogP contribution in [0.15, 0.2) is 36.5 Å². The van der Waals surface area contributed by atoms with Gasteiger partial charge >= 0.3 is 0 Å². The van der Waals surface area contributed by atoms with Gasteiger partial charge in [-0.15, -0.1) is 0 Å². The smallest absolute Gasteiger partial charge is 0.230 e. The van der Waals surface area contributed by atoms with Crippen LogP contribution in [0, 0.1) is 17.2 Å². The van der Waals surface area contributed by atoms with E-state index in [2.05, 4.69) is 35.2 Å². The molecule has 9 heteroatoms. The second-order valence-electron chi connectivity index (χ2n) is 8.77. The minimum atomic E-state index is -0.448. The molecule has 166 valence electrons. The van der Waals surface area contributed by atoms with E-state index in [9.17, 15) is 9.18 Å². The number of hydrogen-bond acceptors (Lipinski definition) is 4. The first-order chi connectivity index (χ1) is 14.6. The quantitative estimate of drug-likeness (QED) is 0.467. The van der Waals surface area contributed by atoms with Crippen LogP contribution in [0.1, 0.15) is 38.2 Å². The first-order valence-electron chi connectivity index (χ1n) is 9.89. The number of anilines is 1. The molecule has 0 radical (unpaired) electrons. The lowest BCUT2D eigenvalue weighted by Gasteiger charge is -2.54. The second kappa shape index (κ2) is 9.10. The van der Waals surface area contributed by atoms with Crippen LogP contribution in [-0.2, 0) is 9.59 Å². The van der Waals surface area contributed by atoms with Gasteiger partial charge in [0.15, 0.2) is 0 Å². The Bertz CT molecular complexity index is 978. The van der Waals surface area contributed by atoms with Gasteiger partial charge in [-0.1, -0.05) is 49.2 Å². The van der Waals surface area contributed by atoms with E-state index in [1.165, 1.54) is 6.07 Å². The van der Waals surface area contributed by atoms with Crippen LogP contribution in [0.5, 0.6) is 0 Å². The van der Waals surface area contributed by atoms with Gasteiger partial charge in [0.1, 0.15) is 11.0 Å². The van der Waals surface area contributed by atoms with E-state index < -0.39 is 11.7 Å². The lowest BCUT2D eigenvalue weighted by Crippen LogP contribution is -2.61. The van der Waals surface area contributed by atoms with Gasteiger partial charge < -0.3 is 16.4 Å². The monoisotopic (exact) mass is 466 g/mol. The summed E-state index contributed by atoms with van der Waals surface area (Å²) >= 11 is 12.0. The summed E-state index contributed by atoms with van der Waals surface area (Å²) in [7, 11) is 0. The number of halogens is 3. The Hall–Kier alpha value is -2.22. The van der Waals surface area contributed by atoms with E-state index in [0.29, 0.717) is 22.9 Å². The number of nitrogens with two attached hydrogens (primary N) is 1. The van der Waals surface area contributed by atoms with Gasteiger partial charge in [0, 0.05) is 29.9 Å². The van der Waals surface area contributed by atoms with Crippen LogP contribution in [0.2, 0.25) is 10.2 Å². The number of pyridine rings is 1. The van der Waals surface area contributed by atoms with Crippen molar-refractivity contribution in [1.82, 2.24) is 10.3 Å². The van der Waals surface area contributed by atoms with Gasteiger partial charge in [0.05, 0.1) is 10.9 Å². The van der Waals surface area contributed by atoms with Crippen LogP contribution in [0.25, 0.3) is 0 Å². The number of nitrogens with zero attached hydrogens (tertiary/aromatic N) is 1. The lowest BCUT2D eigenvalue weighted by atomic mass is 9.54. The highest BCUT2D eigenvalue weighted by atomic mass is 35.5. The molecule has 2 amide bonds. The third kappa shape index (κ3) is 4.84. The zero-order valence-electron chi connectivity index (χ0n) is 17.3. The fourth-order valence-corrected chi connectivity index (χ4v) is 5.51. The maximum atomic E-state index is 14.8. The molecule has 1 aromatic heterocycles. The third-order valence-electron chi connectivity index (χ3n) is 5.92. The van der Waals surface area contributed by atoms with Gasteiger partial charge in [0.25, 0.3) is 0 Å². The predicted octanol–water partition coefficient (Wildman–Crippen LogP) is 4.13. The molecule has 4 rings (SSSR count). The van der Waals surface area contributed by atoms with Crippen LogP contribution in [0.3, 0.4) is 0 Å². The van der Waals surface area contributed by atoms with E-state index in [1.54, 1.807) is 30.5 Å². The van der Waals surface area contributed by atoms with Gasteiger partial charge in [-0.3, -0.25) is 9.59 Å². The number of aromatic nitrogens is 1. The summed E-state index contributed by atoms with van der Waals surface area (Å²) in [6.07, 6.45) is 3.50. The summed E-state index contributed by atoms with van der Waals surface area (Å²) < 4.78 is 14.8. The van der Waals surface area contributed by atoms with Gasteiger partial charge in [-0.05, 0) is 42.0 Å². The van der Waals surface area contributed by atoms with Crippen LogP contribution < -0.4 is 16.4 Å². The molecule has 1 aliphatic heterocycles. The van der Waals surface area contributed by atoms with Crippen molar-refractivity contribution in [2.45, 2.75) is 38.1 Å². The minimum absolute atomic E-state index is 0.0764. The van der Waals surface area contributed by atoms with Crippen LogP contribution in [0.4, 0.5) is 10.1 Å². The fraction of sp³-hybridized carbons (Fsp3) is 0.409. The first-order valence-corrected chi connectivity index (χ1v) is 10.6. The normalized spacial score (nSPS) is 22.7. The first kappa shape index (κ1) is 23.4. The van der Waals surface area contributed by atoms with Crippen molar-refractivity contribution < 1.29 is 14.0 Å². The van der Waals surface area contributed by atoms with Crippen molar-refractivity contribution in [3.8, 4) is 0 Å². The highest BCUT2D eigenvalue weighted by Gasteiger charge is 2.61. The Morgan fingerprint density at radius 2 is 2.00 bits per heavy atom. The second-order valence-corrected chi connectivity index (χ2v) is 9.57. The van der Waals surface area contributed by atoms with E-state index in [0.717, 1.165) is 12.8 Å². The molecule has 2 unspecified atom stereocenters. The Morgan fingerprint density at radius 3 is 2.61 bits per heavy atom. The maximum Gasteiger partial charge on any atom is 0.230 e. The molecule has 1 saturated heterocycles. The predicted molar refractivity (Wildman–Crippen MR) is 120 cm³/mol. The number of primary amides is 1. The fourth-order valence-electron chi connectivity index (χ4n) is 5.16. The summed E-state index contributed by atoms with van der Waals surface area (Å²) in [5, 5.41) is 6.87. The molecule has 2 aromatic rings. The maximum absolute atomic E-state index is 14.8. The molecule has 1 spiro atoms. The van der Waals surface area contributed by atoms with Crippen LogP contribution >= 0.6 is 23.2 Å². The molecule has 0 bridgehead atoms. The number of nitrogens with one attached hydrogen (secondary N) is 2. The number of carbonyl (C=O) groups excluding carboxylic acids is 2. The number of hydrogen-bond donors (Lipinski definition) is 3. The molecule has 1 aromatic carbocycles. The number of benzene rings is 1. The SMILES string of the molecule is CC1(C)CC2(C1)NCC(c1cccc(Cl)c1F)C2C(=O)Nc1ccnc(Cl)c1.NC=O. The Kier molecular flexibility index (Phi) is 6.88.